The van der Waals surface area contributed by atoms with E-state index in [1.807, 2.05) is 0 Å². The highest BCUT2D eigenvalue weighted by atomic mass is 16.6. The Morgan fingerprint density at radius 3 is 2.67 bits per heavy atom. The number of nitrogens with one attached hydrogen (secondary N) is 1. The fourth-order valence-corrected chi connectivity index (χ4v) is 2.11. The van der Waals surface area contributed by atoms with Gasteiger partial charge in [-0.1, -0.05) is 33.1 Å². The van der Waals surface area contributed by atoms with E-state index in [0.717, 1.165) is 44.4 Å². The van der Waals surface area contributed by atoms with Gasteiger partial charge in [0.1, 0.15) is 17.6 Å². The van der Waals surface area contributed by atoms with Crippen LogP contribution in [-0.4, -0.2) is 27.0 Å². The first kappa shape index (κ1) is 16.9. The first-order valence-corrected chi connectivity index (χ1v) is 7.13. The lowest BCUT2D eigenvalue weighted by Crippen LogP contribution is -2.22. The van der Waals surface area contributed by atoms with Crippen molar-refractivity contribution in [3.8, 4) is 0 Å². The quantitative estimate of drug-likeness (QED) is 0.534. The number of hydrogen-bond acceptors (Lipinski definition) is 5. The lowest BCUT2D eigenvalue weighted by Gasteiger charge is -2.19. The van der Waals surface area contributed by atoms with Crippen LogP contribution in [0.4, 0.5) is 11.5 Å². The second kappa shape index (κ2) is 8.18. The number of carboxylic acids is 1. The summed E-state index contributed by atoms with van der Waals surface area (Å²) in [5, 5.41) is 23.0. The fourth-order valence-electron chi connectivity index (χ4n) is 2.11. The van der Waals surface area contributed by atoms with Gasteiger partial charge >= 0.3 is 5.97 Å². The predicted molar refractivity (Wildman–Crippen MR) is 79.7 cm³/mol. The molecule has 0 fully saturated rings. The van der Waals surface area contributed by atoms with E-state index in [2.05, 4.69) is 24.1 Å². The zero-order valence-corrected chi connectivity index (χ0v) is 12.3. The third-order valence-corrected chi connectivity index (χ3v) is 3.20. The van der Waals surface area contributed by atoms with Crippen molar-refractivity contribution in [3.05, 3.63) is 27.9 Å². The van der Waals surface area contributed by atoms with Crippen molar-refractivity contribution in [2.24, 2.45) is 0 Å². The monoisotopic (exact) mass is 295 g/mol. The summed E-state index contributed by atoms with van der Waals surface area (Å²) in [6, 6.07) is 1.17. The van der Waals surface area contributed by atoms with Crippen LogP contribution >= 0.6 is 0 Å². The number of anilines is 1. The van der Waals surface area contributed by atoms with Crippen molar-refractivity contribution in [1.29, 1.82) is 0 Å². The Labute approximate surface area is 123 Å². The maximum absolute atomic E-state index is 11.2. The summed E-state index contributed by atoms with van der Waals surface area (Å²) in [5.41, 5.74) is -0.486. The number of pyridine rings is 1. The summed E-state index contributed by atoms with van der Waals surface area (Å²) >= 11 is 0. The summed E-state index contributed by atoms with van der Waals surface area (Å²) < 4.78 is 0. The molecule has 0 bridgehead atoms. The number of unbranched alkanes of at least 4 members (excludes halogenated alkanes) is 1. The molecular formula is C14H21N3O4. The Balaban J connectivity index is 2.99. The lowest BCUT2D eigenvalue weighted by atomic mass is 10.0. The molecular weight excluding hydrogens is 274 g/mol. The Morgan fingerprint density at radius 2 is 2.14 bits per heavy atom. The Bertz CT molecular complexity index is 505. The van der Waals surface area contributed by atoms with Gasteiger partial charge in [0.05, 0.1) is 4.92 Å². The van der Waals surface area contributed by atoms with Crippen LogP contribution in [0.15, 0.2) is 12.3 Å². The first-order chi connectivity index (χ1) is 9.99. The van der Waals surface area contributed by atoms with Crippen LogP contribution < -0.4 is 5.32 Å². The van der Waals surface area contributed by atoms with Crippen molar-refractivity contribution >= 4 is 17.5 Å². The molecule has 7 nitrogen and oxygen atoms in total. The molecule has 1 atom stereocenters. The maximum atomic E-state index is 11.2. The van der Waals surface area contributed by atoms with Gasteiger partial charge in [-0.05, 0) is 12.8 Å². The number of nitrogens with zero attached hydrogens (tertiary/aromatic N) is 2. The van der Waals surface area contributed by atoms with E-state index in [1.54, 1.807) is 0 Å². The molecule has 1 rings (SSSR count). The van der Waals surface area contributed by atoms with Crippen LogP contribution in [0.1, 0.15) is 56.3 Å². The average Bonchev–Trinajstić information content (AvgIpc) is 2.44. The molecule has 0 aliphatic rings. The van der Waals surface area contributed by atoms with E-state index in [-0.39, 0.29) is 23.1 Å². The molecule has 7 heteroatoms. The number of hydrogen-bond donors (Lipinski definition) is 2. The number of carboxylic acid groups (broad SMARTS) is 1. The van der Waals surface area contributed by atoms with Crippen molar-refractivity contribution in [2.45, 2.75) is 52.0 Å². The van der Waals surface area contributed by atoms with E-state index in [0.29, 0.717) is 0 Å². The molecule has 0 aromatic carbocycles. The zero-order chi connectivity index (χ0) is 15.8. The van der Waals surface area contributed by atoms with E-state index in [4.69, 9.17) is 0 Å². The van der Waals surface area contributed by atoms with Crippen molar-refractivity contribution in [2.75, 3.05) is 5.32 Å². The van der Waals surface area contributed by atoms with Gasteiger partial charge in [-0.25, -0.2) is 9.78 Å². The molecule has 0 aliphatic carbocycles. The Morgan fingerprint density at radius 1 is 1.43 bits per heavy atom. The molecule has 0 amide bonds. The van der Waals surface area contributed by atoms with Gasteiger partial charge in [0, 0.05) is 12.1 Å². The lowest BCUT2D eigenvalue weighted by molar-refractivity contribution is -0.385. The number of rotatable bonds is 9. The van der Waals surface area contributed by atoms with Gasteiger partial charge in [-0.15, -0.1) is 0 Å². The van der Waals surface area contributed by atoms with Crippen molar-refractivity contribution in [3.63, 3.8) is 0 Å². The van der Waals surface area contributed by atoms with Gasteiger partial charge in [0.25, 0.3) is 5.69 Å². The van der Waals surface area contributed by atoms with E-state index < -0.39 is 10.9 Å². The molecule has 1 heterocycles. The highest BCUT2D eigenvalue weighted by Gasteiger charge is 2.19. The minimum absolute atomic E-state index is 0.127. The van der Waals surface area contributed by atoms with Crippen LogP contribution in [0.5, 0.6) is 0 Å². The first-order valence-electron chi connectivity index (χ1n) is 7.13. The van der Waals surface area contributed by atoms with Crippen LogP contribution in [0, 0.1) is 10.1 Å². The molecule has 1 aromatic heterocycles. The molecule has 21 heavy (non-hydrogen) atoms. The van der Waals surface area contributed by atoms with Crippen LogP contribution in [-0.2, 0) is 0 Å². The molecule has 0 spiro atoms. The summed E-state index contributed by atoms with van der Waals surface area (Å²) in [5.74, 6) is -1.03. The second-order valence-electron chi connectivity index (χ2n) is 4.92. The molecule has 0 aliphatic heterocycles. The second-order valence-corrected chi connectivity index (χ2v) is 4.92. The standard InChI is InChI=1S/C14H21N3O4/c1-3-5-7-10(6-4-2)16-13-12(14(18)19)8-11(9-15-13)17(20)21/h8-10H,3-7H2,1-2H3,(H,15,16)(H,18,19). The van der Waals surface area contributed by atoms with Gasteiger partial charge in [0.2, 0.25) is 0 Å². The summed E-state index contributed by atoms with van der Waals surface area (Å²) in [6.45, 7) is 4.15. The SMILES string of the molecule is CCCCC(CCC)Nc1ncc([N+](=O)[O-])cc1C(=O)O. The molecule has 1 aromatic rings. The van der Waals surface area contributed by atoms with Gasteiger partial charge in [-0.2, -0.15) is 0 Å². The van der Waals surface area contributed by atoms with Crippen LogP contribution in [0.2, 0.25) is 0 Å². The van der Waals surface area contributed by atoms with Crippen LogP contribution in [0.3, 0.4) is 0 Å². The average molecular weight is 295 g/mol. The minimum Gasteiger partial charge on any atom is -0.478 e. The third kappa shape index (κ3) is 5.02. The maximum Gasteiger partial charge on any atom is 0.339 e. The number of carbonyl (C=O) groups is 1. The highest BCUT2D eigenvalue weighted by molar-refractivity contribution is 5.93. The molecule has 1 unspecified atom stereocenters. The highest BCUT2D eigenvalue weighted by Crippen LogP contribution is 2.21. The minimum atomic E-state index is -1.22. The number of aromatic carboxylic acids is 1. The zero-order valence-electron chi connectivity index (χ0n) is 12.3. The van der Waals surface area contributed by atoms with Crippen molar-refractivity contribution < 1.29 is 14.8 Å². The normalized spacial score (nSPS) is 11.9. The van der Waals surface area contributed by atoms with Crippen molar-refractivity contribution in [1.82, 2.24) is 4.98 Å². The topological polar surface area (TPSA) is 105 Å². The van der Waals surface area contributed by atoms with E-state index in [1.165, 1.54) is 0 Å². The fraction of sp³-hybridized carbons (Fsp3) is 0.571. The largest absolute Gasteiger partial charge is 0.478 e. The van der Waals surface area contributed by atoms with E-state index >= 15 is 0 Å². The van der Waals surface area contributed by atoms with Gasteiger partial charge in [-0.3, -0.25) is 10.1 Å². The molecule has 0 saturated heterocycles. The van der Waals surface area contributed by atoms with Gasteiger partial charge in [0.15, 0.2) is 0 Å². The Kier molecular flexibility index (Phi) is 6.58. The Hall–Kier alpha value is -2.18. The van der Waals surface area contributed by atoms with E-state index in [9.17, 15) is 20.0 Å². The summed E-state index contributed by atoms with van der Waals surface area (Å²) in [4.78, 5) is 25.2. The van der Waals surface area contributed by atoms with Gasteiger partial charge < -0.3 is 10.4 Å². The smallest absolute Gasteiger partial charge is 0.339 e. The molecule has 0 radical (unpaired) electrons. The third-order valence-electron chi connectivity index (χ3n) is 3.20. The predicted octanol–water partition coefficient (Wildman–Crippen LogP) is 3.46. The summed E-state index contributed by atoms with van der Waals surface area (Å²) in [6.07, 6.45) is 5.96. The number of nitro groups is 1. The molecule has 2 N–H and O–H groups in total. The summed E-state index contributed by atoms with van der Waals surface area (Å²) in [7, 11) is 0. The molecule has 0 saturated carbocycles. The molecule has 116 valence electrons. The number of aromatic nitrogens is 1. The van der Waals surface area contributed by atoms with Crippen LogP contribution in [0.25, 0.3) is 0 Å².